The van der Waals surface area contributed by atoms with E-state index in [1.807, 2.05) is 27.7 Å². The number of nitrogens with one attached hydrogen (secondary N) is 1. The summed E-state index contributed by atoms with van der Waals surface area (Å²) in [7, 11) is 0. The van der Waals surface area contributed by atoms with Gasteiger partial charge in [-0.25, -0.2) is 9.78 Å². The summed E-state index contributed by atoms with van der Waals surface area (Å²) in [4.78, 5) is 15.8. The predicted octanol–water partition coefficient (Wildman–Crippen LogP) is 3.17. The second-order valence-electron chi connectivity index (χ2n) is 5.21. The van der Waals surface area contributed by atoms with Gasteiger partial charge in [-0.2, -0.15) is 0 Å². The molecule has 2 N–H and O–H groups in total. The van der Waals surface area contributed by atoms with Crippen LogP contribution in [0.15, 0.2) is 10.6 Å². The number of rotatable bonds is 4. The van der Waals surface area contributed by atoms with Crippen molar-refractivity contribution in [1.29, 1.82) is 0 Å². The Hall–Kier alpha value is -2.37. The molecule has 2 aromatic rings. The summed E-state index contributed by atoms with van der Waals surface area (Å²) in [5.41, 5.74) is 3.36. The van der Waals surface area contributed by atoms with Gasteiger partial charge < -0.3 is 14.9 Å². The second kappa shape index (κ2) is 5.55. The molecule has 112 valence electrons. The minimum absolute atomic E-state index is 0.150. The fraction of sp³-hybridized carbons (Fsp3) is 0.400. The van der Waals surface area contributed by atoms with Gasteiger partial charge in [0, 0.05) is 11.3 Å². The van der Waals surface area contributed by atoms with Gasteiger partial charge in [0.1, 0.15) is 17.1 Å². The number of anilines is 1. The Labute approximate surface area is 123 Å². The van der Waals surface area contributed by atoms with Crippen LogP contribution in [0.3, 0.4) is 0 Å². The highest BCUT2D eigenvalue weighted by atomic mass is 16.5. The molecule has 1 atom stereocenters. The van der Waals surface area contributed by atoms with Crippen molar-refractivity contribution >= 4 is 11.8 Å². The first-order chi connectivity index (χ1) is 9.81. The first-order valence-electron chi connectivity index (χ1n) is 6.72. The highest BCUT2D eigenvalue weighted by Gasteiger charge is 2.21. The number of carboxylic acids is 1. The third-order valence-electron chi connectivity index (χ3n) is 3.43. The summed E-state index contributed by atoms with van der Waals surface area (Å²) in [5.74, 6) is 0.0923. The normalized spacial score (nSPS) is 12.2. The largest absolute Gasteiger partial charge is 0.478 e. The molecule has 1 unspecified atom stereocenters. The van der Waals surface area contributed by atoms with Gasteiger partial charge in [-0.1, -0.05) is 5.16 Å². The molecule has 2 aromatic heterocycles. The highest BCUT2D eigenvalue weighted by molar-refractivity contribution is 5.94. The van der Waals surface area contributed by atoms with Crippen molar-refractivity contribution in [2.45, 2.75) is 40.7 Å². The Kier molecular flexibility index (Phi) is 3.97. The Morgan fingerprint density at radius 2 is 2.00 bits per heavy atom. The quantitative estimate of drug-likeness (QED) is 0.898. The van der Waals surface area contributed by atoms with E-state index in [2.05, 4.69) is 15.5 Å². The molecule has 0 aliphatic carbocycles. The molecule has 6 nitrogen and oxygen atoms in total. The maximum absolute atomic E-state index is 11.4. The lowest BCUT2D eigenvalue weighted by Crippen LogP contribution is -2.15. The molecular formula is C15H19N3O3. The van der Waals surface area contributed by atoms with Crippen LogP contribution >= 0.6 is 0 Å². The Morgan fingerprint density at radius 3 is 2.52 bits per heavy atom. The number of nitrogens with zero attached hydrogens (tertiary/aromatic N) is 2. The van der Waals surface area contributed by atoms with Gasteiger partial charge in [0.15, 0.2) is 0 Å². The second-order valence-corrected chi connectivity index (χ2v) is 5.21. The van der Waals surface area contributed by atoms with Crippen LogP contribution in [0, 0.1) is 27.7 Å². The molecule has 0 fully saturated rings. The van der Waals surface area contributed by atoms with Crippen LogP contribution in [-0.4, -0.2) is 21.2 Å². The molecule has 0 aliphatic rings. The first-order valence-corrected chi connectivity index (χ1v) is 6.72. The van der Waals surface area contributed by atoms with Gasteiger partial charge in [0.25, 0.3) is 0 Å². The van der Waals surface area contributed by atoms with E-state index in [1.165, 1.54) is 0 Å². The average molecular weight is 289 g/mol. The fourth-order valence-corrected chi connectivity index (χ4v) is 2.60. The third kappa shape index (κ3) is 2.89. The first kappa shape index (κ1) is 15.0. The lowest BCUT2D eigenvalue weighted by molar-refractivity contribution is 0.0696. The van der Waals surface area contributed by atoms with Crippen molar-refractivity contribution in [3.8, 4) is 0 Å². The summed E-state index contributed by atoms with van der Waals surface area (Å²) < 4.78 is 5.15. The van der Waals surface area contributed by atoms with Crippen molar-refractivity contribution in [2.75, 3.05) is 5.32 Å². The van der Waals surface area contributed by atoms with Crippen molar-refractivity contribution in [1.82, 2.24) is 10.1 Å². The third-order valence-corrected chi connectivity index (χ3v) is 3.43. The maximum atomic E-state index is 11.4. The van der Waals surface area contributed by atoms with Crippen LogP contribution in [-0.2, 0) is 0 Å². The van der Waals surface area contributed by atoms with Gasteiger partial charge in [0.2, 0.25) is 0 Å². The number of aromatic nitrogens is 2. The molecule has 6 heteroatoms. The lowest BCUT2D eigenvalue weighted by Gasteiger charge is -2.17. The lowest BCUT2D eigenvalue weighted by atomic mass is 10.1. The average Bonchev–Trinajstić information content (AvgIpc) is 2.67. The SMILES string of the molecule is Cc1cc(C)c(C(=O)O)c(NC(C)c2c(C)noc2C)n1. The molecule has 0 saturated heterocycles. The van der Waals surface area contributed by atoms with E-state index in [0.717, 1.165) is 17.0 Å². The van der Waals surface area contributed by atoms with Crippen LogP contribution in [0.2, 0.25) is 0 Å². The van der Waals surface area contributed by atoms with Gasteiger partial charge in [0.05, 0.1) is 11.7 Å². The van der Waals surface area contributed by atoms with E-state index in [4.69, 9.17) is 4.52 Å². The van der Waals surface area contributed by atoms with E-state index >= 15 is 0 Å². The number of hydrogen-bond donors (Lipinski definition) is 2. The molecule has 2 rings (SSSR count). The van der Waals surface area contributed by atoms with E-state index < -0.39 is 5.97 Å². The zero-order valence-corrected chi connectivity index (χ0v) is 12.8. The fourth-order valence-electron chi connectivity index (χ4n) is 2.60. The van der Waals surface area contributed by atoms with Crippen molar-refractivity contribution in [2.24, 2.45) is 0 Å². The van der Waals surface area contributed by atoms with Crippen molar-refractivity contribution in [3.63, 3.8) is 0 Å². The topological polar surface area (TPSA) is 88.2 Å². The van der Waals surface area contributed by atoms with Gasteiger partial charge in [-0.15, -0.1) is 0 Å². The zero-order valence-electron chi connectivity index (χ0n) is 12.8. The molecule has 2 heterocycles. The zero-order chi connectivity index (χ0) is 15.7. The number of pyridine rings is 1. The van der Waals surface area contributed by atoms with Gasteiger partial charge in [-0.05, 0) is 46.2 Å². The number of carbonyl (C=O) groups is 1. The smallest absolute Gasteiger partial charge is 0.339 e. The van der Waals surface area contributed by atoms with Gasteiger partial charge >= 0.3 is 5.97 Å². The summed E-state index contributed by atoms with van der Waals surface area (Å²) in [5, 5.41) is 16.5. The molecule has 0 saturated carbocycles. The van der Waals surface area contributed by atoms with E-state index in [9.17, 15) is 9.90 Å². The summed E-state index contributed by atoms with van der Waals surface area (Å²) in [6.45, 7) is 9.23. The highest BCUT2D eigenvalue weighted by Crippen LogP contribution is 2.27. The Balaban J connectivity index is 2.42. The molecule has 0 bridgehead atoms. The van der Waals surface area contributed by atoms with Crippen LogP contribution < -0.4 is 5.32 Å². The molecule has 0 amide bonds. The van der Waals surface area contributed by atoms with Crippen LogP contribution in [0.4, 0.5) is 5.82 Å². The van der Waals surface area contributed by atoms with Crippen LogP contribution in [0.25, 0.3) is 0 Å². The predicted molar refractivity (Wildman–Crippen MR) is 78.7 cm³/mol. The maximum Gasteiger partial charge on any atom is 0.339 e. The Morgan fingerprint density at radius 1 is 1.33 bits per heavy atom. The van der Waals surface area contributed by atoms with E-state index in [0.29, 0.717) is 17.1 Å². The molecular weight excluding hydrogens is 270 g/mol. The molecule has 0 aromatic carbocycles. The molecule has 21 heavy (non-hydrogen) atoms. The van der Waals surface area contributed by atoms with Crippen LogP contribution in [0.1, 0.15) is 51.6 Å². The summed E-state index contributed by atoms with van der Waals surface area (Å²) in [6.07, 6.45) is 0. The standard InChI is InChI=1S/C15H19N3O3/c1-7-6-8(2)16-14(12(7)15(19)20)17-9(3)13-10(4)18-21-11(13)5/h6,9H,1-5H3,(H,16,17)(H,19,20). The number of aromatic carboxylic acids is 1. The Bertz CT molecular complexity index is 672. The number of aryl methyl sites for hydroxylation is 4. The number of hydrogen-bond acceptors (Lipinski definition) is 5. The minimum atomic E-state index is -0.992. The summed E-state index contributed by atoms with van der Waals surface area (Å²) >= 11 is 0. The van der Waals surface area contributed by atoms with Crippen molar-refractivity contribution < 1.29 is 14.4 Å². The number of carboxylic acid groups (broad SMARTS) is 1. The van der Waals surface area contributed by atoms with Crippen LogP contribution in [0.5, 0.6) is 0 Å². The van der Waals surface area contributed by atoms with Crippen molar-refractivity contribution in [3.05, 3.63) is 39.9 Å². The molecule has 0 radical (unpaired) electrons. The molecule has 0 aliphatic heterocycles. The van der Waals surface area contributed by atoms with Gasteiger partial charge in [-0.3, -0.25) is 0 Å². The minimum Gasteiger partial charge on any atom is -0.478 e. The molecule has 0 spiro atoms. The summed E-state index contributed by atoms with van der Waals surface area (Å²) in [6, 6.07) is 1.61. The monoisotopic (exact) mass is 289 g/mol. The van der Waals surface area contributed by atoms with E-state index in [1.54, 1.807) is 13.0 Å². The van der Waals surface area contributed by atoms with E-state index in [-0.39, 0.29) is 11.6 Å².